The van der Waals surface area contributed by atoms with E-state index in [4.69, 9.17) is 4.74 Å². The van der Waals surface area contributed by atoms with Crippen molar-refractivity contribution < 1.29 is 18.7 Å². The number of anilines is 1. The molecule has 0 aliphatic carbocycles. The third-order valence-electron chi connectivity index (χ3n) is 5.27. The Hall–Kier alpha value is -2.25. The molecule has 0 atom stereocenters. The van der Waals surface area contributed by atoms with Gasteiger partial charge >= 0.3 is 0 Å². The number of carbonyl (C=O) groups excluding carboxylic acids is 2. The van der Waals surface area contributed by atoms with Crippen LogP contribution in [0.2, 0.25) is 0 Å². The molecule has 2 saturated heterocycles. The predicted octanol–water partition coefficient (Wildman–Crippen LogP) is 3.23. The average molecular weight is 388 g/mol. The Morgan fingerprint density at radius 2 is 2.04 bits per heavy atom. The zero-order valence-corrected chi connectivity index (χ0v) is 15.9. The number of amides is 2. The van der Waals surface area contributed by atoms with E-state index in [0.717, 1.165) is 10.4 Å². The van der Waals surface area contributed by atoms with Crippen molar-refractivity contribution in [3.05, 3.63) is 52.0 Å². The van der Waals surface area contributed by atoms with Crippen LogP contribution in [0.3, 0.4) is 0 Å². The highest BCUT2D eigenvalue weighted by Gasteiger charge is 2.43. The molecule has 1 aromatic carbocycles. The molecule has 0 bridgehead atoms. The summed E-state index contributed by atoms with van der Waals surface area (Å²) in [6.45, 7) is 3.51. The molecule has 142 valence electrons. The van der Waals surface area contributed by atoms with Gasteiger partial charge in [0.25, 0.3) is 11.8 Å². The first kappa shape index (κ1) is 18.1. The van der Waals surface area contributed by atoms with Gasteiger partial charge in [0.2, 0.25) is 0 Å². The molecule has 0 N–H and O–H groups in total. The molecule has 0 unspecified atom stereocenters. The molecule has 2 aromatic rings. The summed E-state index contributed by atoms with van der Waals surface area (Å²) in [5, 5.41) is 1.98. The number of thiophene rings is 1. The number of nitrogens with zero attached hydrogens (tertiary/aromatic N) is 2. The standard InChI is InChI=1S/C20H21FN2O3S/c1-14-9-17(27-12-14)19(25)22-7-5-20(6-8-22)13-23(18(24)11-26-20)16-4-2-3-15(21)10-16/h2-4,9-10,12H,5-8,11,13H2,1H3. The quantitative estimate of drug-likeness (QED) is 0.794. The summed E-state index contributed by atoms with van der Waals surface area (Å²) in [5.41, 5.74) is 1.16. The molecule has 1 spiro atoms. The second-order valence-electron chi connectivity index (χ2n) is 7.21. The van der Waals surface area contributed by atoms with Crippen molar-refractivity contribution in [2.75, 3.05) is 31.1 Å². The molecule has 3 heterocycles. The summed E-state index contributed by atoms with van der Waals surface area (Å²) in [5.74, 6) is -0.483. The maximum absolute atomic E-state index is 13.6. The lowest BCUT2D eigenvalue weighted by Gasteiger charge is -2.46. The Morgan fingerprint density at radius 1 is 1.26 bits per heavy atom. The zero-order valence-electron chi connectivity index (χ0n) is 15.1. The van der Waals surface area contributed by atoms with Gasteiger partial charge in [-0.25, -0.2) is 4.39 Å². The van der Waals surface area contributed by atoms with Gasteiger partial charge in [0, 0.05) is 18.8 Å². The molecule has 7 heteroatoms. The fourth-order valence-electron chi connectivity index (χ4n) is 3.71. The van der Waals surface area contributed by atoms with Gasteiger partial charge in [0.15, 0.2) is 0 Å². The van der Waals surface area contributed by atoms with Gasteiger partial charge in [0.1, 0.15) is 12.4 Å². The van der Waals surface area contributed by atoms with E-state index in [0.29, 0.717) is 38.2 Å². The summed E-state index contributed by atoms with van der Waals surface area (Å²) < 4.78 is 19.5. The molecule has 2 aliphatic heterocycles. The number of morpholine rings is 1. The Kier molecular flexibility index (Phi) is 4.74. The summed E-state index contributed by atoms with van der Waals surface area (Å²) in [6, 6.07) is 7.98. The van der Waals surface area contributed by atoms with Crippen LogP contribution >= 0.6 is 11.3 Å². The molecule has 2 amide bonds. The maximum Gasteiger partial charge on any atom is 0.263 e. The van der Waals surface area contributed by atoms with E-state index in [-0.39, 0.29) is 24.2 Å². The van der Waals surface area contributed by atoms with Crippen LogP contribution in [0.4, 0.5) is 10.1 Å². The van der Waals surface area contributed by atoms with E-state index in [1.165, 1.54) is 23.5 Å². The predicted molar refractivity (Wildman–Crippen MR) is 102 cm³/mol. The fourth-order valence-corrected chi connectivity index (χ4v) is 4.58. The van der Waals surface area contributed by atoms with E-state index in [1.807, 2.05) is 23.3 Å². The third kappa shape index (κ3) is 3.61. The van der Waals surface area contributed by atoms with Crippen LogP contribution in [-0.2, 0) is 9.53 Å². The number of carbonyl (C=O) groups is 2. The van der Waals surface area contributed by atoms with Crippen molar-refractivity contribution in [1.29, 1.82) is 0 Å². The van der Waals surface area contributed by atoms with E-state index < -0.39 is 5.60 Å². The number of ether oxygens (including phenoxy) is 1. The number of rotatable bonds is 2. The maximum atomic E-state index is 13.6. The van der Waals surface area contributed by atoms with Crippen LogP contribution in [0.1, 0.15) is 28.1 Å². The van der Waals surface area contributed by atoms with Gasteiger partial charge in [0.05, 0.1) is 17.0 Å². The van der Waals surface area contributed by atoms with Crippen LogP contribution in [-0.4, -0.2) is 48.6 Å². The minimum Gasteiger partial charge on any atom is -0.363 e. The lowest BCUT2D eigenvalue weighted by Crippen LogP contribution is -2.59. The van der Waals surface area contributed by atoms with Crippen LogP contribution in [0, 0.1) is 12.7 Å². The number of aryl methyl sites for hydroxylation is 1. The molecule has 2 aliphatic rings. The van der Waals surface area contributed by atoms with E-state index in [2.05, 4.69) is 0 Å². The number of likely N-dealkylation sites (tertiary alicyclic amines) is 1. The molecular formula is C20H21FN2O3S. The normalized spacial score (nSPS) is 19.6. The van der Waals surface area contributed by atoms with E-state index in [1.54, 1.807) is 17.0 Å². The molecule has 5 nitrogen and oxygen atoms in total. The number of hydrogen-bond acceptors (Lipinski definition) is 4. The third-order valence-corrected chi connectivity index (χ3v) is 6.31. The molecule has 0 radical (unpaired) electrons. The Morgan fingerprint density at radius 3 is 2.70 bits per heavy atom. The van der Waals surface area contributed by atoms with Gasteiger partial charge < -0.3 is 14.5 Å². The van der Waals surface area contributed by atoms with Crippen molar-refractivity contribution >= 4 is 28.8 Å². The Labute approximate surface area is 161 Å². The number of hydrogen-bond donors (Lipinski definition) is 0. The van der Waals surface area contributed by atoms with E-state index >= 15 is 0 Å². The molecule has 4 rings (SSSR count). The van der Waals surface area contributed by atoms with Crippen LogP contribution in [0.25, 0.3) is 0 Å². The number of piperidine rings is 1. The highest BCUT2D eigenvalue weighted by molar-refractivity contribution is 7.12. The molecule has 27 heavy (non-hydrogen) atoms. The average Bonchev–Trinajstić information content (AvgIpc) is 3.10. The molecular weight excluding hydrogens is 367 g/mol. The minimum absolute atomic E-state index is 0.0193. The highest BCUT2D eigenvalue weighted by Crippen LogP contribution is 2.33. The van der Waals surface area contributed by atoms with Crippen LogP contribution in [0.5, 0.6) is 0 Å². The van der Waals surface area contributed by atoms with Gasteiger partial charge in [-0.1, -0.05) is 6.07 Å². The van der Waals surface area contributed by atoms with Gasteiger partial charge in [-0.2, -0.15) is 0 Å². The molecule has 1 aromatic heterocycles. The highest BCUT2D eigenvalue weighted by atomic mass is 32.1. The summed E-state index contributed by atoms with van der Waals surface area (Å²) in [7, 11) is 0. The lowest BCUT2D eigenvalue weighted by atomic mass is 9.89. The van der Waals surface area contributed by atoms with Gasteiger partial charge in [-0.05, 0) is 55.0 Å². The second-order valence-corrected chi connectivity index (χ2v) is 8.12. The smallest absolute Gasteiger partial charge is 0.263 e. The summed E-state index contributed by atoms with van der Waals surface area (Å²) in [6.07, 6.45) is 1.31. The topological polar surface area (TPSA) is 49.9 Å². The first-order valence-corrected chi connectivity index (χ1v) is 9.88. The second kappa shape index (κ2) is 7.05. The van der Waals surface area contributed by atoms with Crippen molar-refractivity contribution in [3.8, 4) is 0 Å². The zero-order chi connectivity index (χ0) is 19.0. The molecule has 2 fully saturated rings. The first-order chi connectivity index (χ1) is 13.0. The van der Waals surface area contributed by atoms with E-state index in [9.17, 15) is 14.0 Å². The largest absolute Gasteiger partial charge is 0.363 e. The minimum atomic E-state index is -0.484. The van der Waals surface area contributed by atoms with Gasteiger partial charge in [-0.3, -0.25) is 9.59 Å². The fraction of sp³-hybridized carbons (Fsp3) is 0.400. The first-order valence-electron chi connectivity index (χ1n) is 9.00. The van der Waals surface area contributed by atoms with Crippen LogP contribution in [0.15, 0.2) is 35.7 Å². The SMILES string of the molecule is Cc1csc(C(=O)N2CCC3(CC2)CN(c2cccc(F)c2)C(=O)CO3)c1. The monoisotopic (exact) mass is 388 g/mol. The van der Waals surface area contributed by atoms with Crippen molar-refractivity contribution in [1.82, 2.24) is 4.90 Å². The molecule has 0 saturated carbocycles. The van der Waals surface area contributed by atoms with Crippen molar-refractivity contribution in [2.45, 2.75) is 25.4 Å². The van der Waals surface area contributed by atoms with Crippen molar-refractivity contribution in [2.24, 2.45) is 0 Å². The Bertz CT molecular complexity index is 874. The number of halogens is 1. The van der Waals surface area contributed by atoms with Crippen molar-refractivity contribution in [3.63, 3.8) is 0 Å². The Balaban J connectivity index is 1.46. The van der Waals surface area contributed by atoms with Crippen LogP contribution < -0.4 is 4.90 Å². The number of benzene rings is 1. The van der Waals surface area contributed by atoms with Gasteiger partial charge in [-0.15, -0.1) is 11.3 Å². The summed E-state index contributed by atoms with van der Waals surface area (Å²) >= 11 is 1.47. The lowest BCUT2D eigenvalue weighted by molar-refractivity contribution is -0.143. The summed E-state index contributed by atoms with van der Waals surface area (Å²) in [4.78, 5) is 29.2.